The topological polar surface area (TPSA) is 68.5 Å². The molecule has 0 saturated heterocycles. The number of aromatic nitrogens is 1. The molecule has 20 heavy (non-hydrogen) atoms. The summed E-state index contributed by atoms with van der Waals surface area (Å²) < 4.78 is 5.35. The van der Waals surface area contributed by atoms with Crippen LogP contribution in [0.1, 0.15) is 0 Å². The van der Waals surface area contributed by atoms with Gasteiger partial charge >= 0.3 is 0 Å². The Hall–Kier alpha value is -2.27. The first-order valence-corrected chi connectivity index (χ1v) is 6.29. The number of nitrogen functional groups attached to an aromatic ring is 1. The van der Waals surface area contributed by atoms with Crippen LogP contribution in [0.25, 0.3) is 0 Å². The maximum Gasteiger partial charge on any atom is 0.264 e. The van der Waals surface area contributed by atoms with E-state index in [0.29, 0.717) is 16.5 Å². The monoisotopic (exact) mass is 291 g/mol. The van der Waals surface area contributed by atoms with E-state index in [1.165, 1.54) is 17.3 Å². The fraction of sp³-hybridized carbons (Fsp3) is 0.143. The van der Waals surface area contributed by atoms with Gasteiger partial charge < -0.3 is 15.4 Å². The Morgan fingerprint density at radius 1 is 1.35 bits per heavy atom. The van der Waals surface area contributed by atoms with Gasteiger partial charge in [0.25, 0.3) is 5.91 Å². The minimum atomic E-state index is -0.185. The zero-order chi connectivity index (χ0) is 14.5. The smallest absolute Gasteiger partial charge is 0.264 e. The molecule has 0 bridgehead atoms. The molecule has 0 spiro atoms. The lowest BCUT2D eigenvalue weighted by Gasteiger charge is -2.17. The molecule has 1 heterocycles. The van der Waals surface area contributed by atoms with Crippen molar-refractivity contribution >= 4 is 28.9 Å². The summed E-state index contributed by atoms with van der Waals surface area (Å²) in [5.74, 6) is 0.270. The summed E-state index contributed by atoms with van der Waals surface area (Å²) in [6, 6.07) is 8.62. The van der Waals surface area contributed by atoms with Crippen LogP contribution >= 0.6 is 11.6 Å². The van der Waals surface area contributed by atoms with Gasteiger partial charge in [0.1, 0.15) is 5.75 Å². The van der Waals surface area contributed by atoms with Gasteiger partial charge in [-0.1, -0.05) is 11.6 Å². The Kier molecular flexibility index (Phi) is 4.42. The average molecular weight is 292 g/mol. The molecule has 1 amide bonds. The molecule has 1 aromatic carbocycles. The van der Waals surface area contributed by atoms with E-state index in [-0.39, 0.29) is 12.5 Å². The third-order valence-corrected chi connectivity index (χ3v) is 2.90. The first-order valence-electron chi connectivity index (χ1n) is 5.92. The van der Waals surface area contributed by atoms with Crippen molar-refractivity contribution < 1.29 is 9.53 Å². The fourth-order valence-corrected chi connectivity index (χ4v) is 1.72. The normalized spacial score (nSPS) is 10.1. The highest BCUT2D eigenvalue weighted by molar-refractivity contribution is 6.30. The Morgan fingerprint density at radius 2 is 2.05 bits per heavy atom. The SMILES string of the molecule is CN(C(=O)COc1cncc(Cl)c1)c1ccc(N)cc1. The second-order valence-corrected chi connectivity index (χ2v) is 4.61. The summed E-state index contributed by atoms with van der Waals surface area (Å²) in [6.07, 6.45) is 3.00. The second kappa shape index (κ2) is 6.25. The average Bonchev–Trinajstić information content (AvgIpc) is 2.45. The van der Waals surface area contributed by atoms with Crippen molar-refractivity contribution in [2.24, 2.45) is 0 Å². The molecule has 0 radical (unpaired) electrons. The Morgan fingerprint density at radius 3 is 2.70 bits per heavy atom. The third kappa shape index (κ3) is 3.61. The predicted molar refractivity (Wildman–Crippen MR) is 79.0 cm³/mol. The van der Waals surface area contributed by atoms with Gasteiger partial charge in [-0.15, -0.1) is 0 Å². The van der Waals surface area contributed by atoms with Gasteiger partial charge in [-0.25, -0.2) is 0 Å². The highest BCUT2D eigenvalue weighted by atomic mass is 35.5. The summed E-state index contributed by atoms with van der Waals surface area (Å²) >= 11 is 5.78. The molecule has 2 aromatic rings. The molecule has 5 nitrogen and oxygen atoms in total. The Balaban J connectivity index is 1.96. The molecule has 0 fully saturated rings. The van der Waals surface area contributed by atoms with Crippen molar-refractivity contribution in [3.63, 3.8) is 0 Å². The number of pyridine rings is 1. The molecule has 0 unspecified atom stereocenters. The van der Waals surface area contributed by atoms with Crippen LogP contribution in [0.4, 0.5) is 11.4 Å². The van der Waals surface area contributed by atoms with Crippen LogP contribution in [0, 0.1) is 0 Å². The van der Waals surface area contributed by atoms with E-state index in [0.717, 1.165) is 5.69 Å². The first kappa shape index (κ1) is 14.1. The maximum atomic E-state index is 12.0. The van der Waals surface area contributed by atoms with Gasteiger partial charge in [0.05, 0.1) is 11.2 Å². The van der Waals surface area contributed by atoms with Crippen LogP contribution in [-0.4, -0.2) is 24.5 Å². The number of carbonyl (C=O) groups excluding carboxylic acids is 1. The third-order valence-electron chi connectivity index (χ3n) is 2.70. The number of halogens is 1. The molecular weight excluding hydrogens is 278 g/mol. The van der Waals surface area contributed by atoms with E-state index in [1.807, 2.05) is 0 Å². The molecule has 2 N–H and O–H groups in total. The lowest BCUT2D eigenvalue weighted by atomic mass is 10.2. The van der Waals surface area contributed by atoms with E-state index in [9.17, 15) is 4.79 Å². The standard InChI is InChI=1S/C14H14ClN3O2/c1-18(12-4-2-11(16)3-5-12)14(19)9-20-13-6-10(15)7-17-8-13/h2-8H,9,16H2,1H3. The minimum absolute atomic E-state index is 0.0943. The molecule has 0 atom stereocenters. The Labute approximate surface area is 121 Å². The number of rotatable bonds is 4. The second-order valence-electron chi connectivity index (χ2n) is 4.17. The number of ether oxygens (including phenoxy) is 1. The number of nitrogens with zero attached hydrogens (tertiary/aromatic N) is 2. The van der Waals surface area contributed by atoms with Gasteiger partial charge in [-0.2, -0.15) is 0 Å². The van der Waals surface area contributed by atoms with Gasteiger partial charge in [-0.3, -0.25) is 9.78 Å². The molecule has 0 aliphatic heterocycles. The number of nitrogens with two attached hydrogens (primary N) is 1. The number of carbonyl (C=O) groups is 1. The van der Waals surface area contributed by atoms with E-state index in [4.69, 9.17) is 22.1 Å². The van der Waals surface area contributed by atoms with Crippen molar-refractivity contribution in [2.75, 3.05) is 24.3 Å². The zero-order valence-electron chi connectivity index (χ0n) is 10.9. The van der Waals surface area contributed by atoms with Gasteiger partial charge in [0.2, 0.25) is 0 Å². The number of anilines is 2. The maximum absolute atomic E-state index is 12.0. The molecule has 1 aromatic heterocycles. The number of benzene rings is 1. The van der Waals surface area contributed by atoms with Crippen LogP contribution in [-0.2, 0) is 4.79 Å². The molecule has 6 heteroatoms. The summed E-state index contributed by atoms with van der Waals surface area (Å²) in [5.41, 5.74) is 7.00. The van der Waals surface area contributed by atoms with E-state index in [2.05, 4.69) is 4.98 Å². The van der Waals surface area contributed by atoms with Crippen molar-refractivity contribution in [3.8, 4) is 5.75 Å². The number of amides is 1. The molecule has 104 valence electrons. The lowest BCUT2D eigenvalue weighted by molar-refractivity contribution is -0.120. The van der Waals surface area contributed by atoms with Gasteiger partial charge in [-0.05, 0) is 24.3 Å². The van der Waals surface area contributed by atoms with Crippen molar-refractivity contribution in [1.29, 1.82) is 0 Å². The van der Waals surface area contributed by atoms with Crippen molar-refractivity contribution in [3.05, 3.63) is 47.7 Å². The molecule has 0 saturated carbocycles. The number of likely N-dealkylation sites (N-methyl/N-ethyl adjacent to an activating group) is 1. The lowest BCUT2D eigenvalue weighted by Crippen LogP contribution is -2.31. The predicted octanol–water partition coefficient (Wildman–Crippen LogP) is 2.36. The Bertz CT molecular complexity index is 602. The fourth-order valence-electron chi connectivity index (χ4n) is 1.56. The summed E-state index contributed by atoms with van der Waals surface area (Å²) in [5, 5.41) is 0.460. The highest BCUT2D eigenvalue weighted by Crippen LogP contribution is 2.17. The van der Waals surface area contributed by atoms with E-state index < -0.39 is 0 Å². The van der Waals surface area contributed by atoms with Crippen molar-refractivity contribution in [2.45, 2.75) is 0 Å². The number of hydrogen-bond donors (Lipinski definition) is 1. The van der Waals surface area contributed by atoms with Gasteiger partial charge in [0.15, 0.2) is 6.61 Å². The highest BCUT2D eigenvalue weighted by Gasteiger charge is 2.11. The minimum Gasteiger partial charge on any atom is -0.482 e. The molecule has 0 aliphatic rings. The number of hydrogen-bond acceptors (Lipinski definition) is 4. The summed E-state index contributed by atoms with van der Waals surface area (Å²) in [7, 11) is 1.67. The van der Waals surface area contributed by atoms with Crippen molar-refractivity contribution in [1.82, 2.24) is 4.98 Å². The van der Waals surface area contributed by atoms with Crippen LogP contribution in [0.3, 0.4) is 0 Å². The molecular formula is C14H14ClN3O2. The molecule has 0 aliphatic carbocycles. The summed E-state index contributed by atoms with van der Waals surface area (Å²) in [4.78, 5) is 17.4. The van der Waals surface area contributed by atoms with E-state index >= 15 is 0 Å². The molecule has 2 rings (SSSR count). The van der Waals surface area contributed by atoms with E-state index in [1.54, 1.807) is 37.4 Å². The zero-order valence-corrected chi connectivity index (χ0v) is 11.7. The van der Waals surface area contributed by atoms with Crippen LogP contribution in [0.2, 0.25) is 5.02 Å². The van der Waals surface area contributed by atoms with Crippen LogP contribution in [0.15, 0.2) is 42.7 Å². The summed E-state index contributed by atoms with van der Waals surface area (Å²) in [6.45, 7) is -0.0943. The first-order chi connectivity index (χ1) is 9.56. The quantitative estimate of drug-likeness (QED) is 0.878. The van der Waals surface area contributed by atoms with Gasteiger partial charge in [0, 0.05) is 30.7 Å². The largest absolute Gasteiger partial charge is 0.482 e. The van der Waals surface area contributed by atoms with Crippen LogP contribution < -0.4 is 15.4 Å². The van der Waals surface area contributed by atoms with Crippen LogP contribution in [0.5, 0.6) is 5.75 Å².